The minimum Gasteiger partial charge on any atom is -0.493 e. The Labute approximate surface area is 143 Å². The lowest BCUT2D eigenvalue weighted by Gasteiger charge is -2.15. The minimum absolute atomic E-state index is 0.432. The van der Waals surface area contributed by atoms with E-state index in [2.05, 4.69) is 43.2 Å². The molecule has 2 rings (SSSR count). The molecule has 0 fully saturated rings. The van der Waals surface area contributed by atoms with E-state index < -0.39 is 0 Å². The quantitative estimate of drug-likeness (QED) is 0.478. The topological polar surface area (TPSA) is 66.1 Å². The van der Waals surface area contributed by atoms with Gasteiger partial charge in [0.25, 0.3) is 0 Å². The zero-order valence-corrected chi connectivity index (χ0v) is 14.6. The largest absolute Gasteiger partial charge is 0.493 e. The molecule has 0 heterocycles. The molecule has 2 aromatic carbocycles. The molecule has 24 heavy (non-hydrogen) atoms. The van der Waals surface area contributed by atoms with Crippen molar-refractivity contribution in [3.8, 4) is 17.2 Å². The van der Waals surface area contributed by atoms with Crippen molar-refractivity contribution in [1.29, 1.82) is 0 Å². The Balaban J connectivity index is 2.22. The minimum atomic E-state index is 0.432. The van der Waals surface area contributed by atoms with Gasteiger partial charge in [-0.15, -0.1) is 0 Å². The van der Waals surface area contributed by atoms with Gasteiger partial charge in [0.15, 0.2) is 11.5 Å². The third-order valence-corrected chi connectivity index (χ3v) is 3.73. The SMILES string of the molecule is COc1cc(C=NN)cc(OCc2ccc(C(C)C)cc2)c1OC. The van der Waals surface area contributed by atoms with Crippen molar-refractivity contribution in [3.63, 3.8) is 0 Å². The Kier molecular flexibility index (Phi) is 6.07. The molecule has 0 amide bonds. The Morgan fingerprint density at radius 2 is 1.71 bits per heavy atom. The maximum atomic E-state index is 5.94. The molecule has 0 bridgehead atoms. The summed E-state index contributed by atoms with van der Waals surface area (Å²) in [4.78, 5) is 0. The van der Waals surface area contributed by atoms with Gasteiger partial charge < -0.3 is 20.1 Å². The number of hydrazone groups is 1. The van der Waals surface area contributed by atoms with Crippen LogP contribution >= 0.6 is 0 Å². The van der Waals surface area contributed by atoms with Crippen molar-refractivity contribution in [2.75, 3.05) is 14.2 Å². The molecule has 0 spiro atoms. The number of nitrogens with two attached hydrogens (primary N) is 1. The first kappa shape index (κ1) is 17.7. The molecule has 0 atom stereocenters. The number of benzene rings is 2. The van der Waals surface area contributed by atoms with Crippen LogP contribution in [-0.4, -0.2) is 20.4 Å². The summed E-state index contributed by atoms with van der Waals surface area (Å²) in [6.45, 7) is 4.78. The Bertz CT molecular complexity index is 695. The highest BCUT2D eigenvalue weighted by Gasteiger charge is 2.13. The van der Waals surface area contributed by atoms with Crippen LogP contribution in [0.1, 0.15) is 36.5 Å². The first-order valence-corrected chi connectivity index (χ1v) is 7.80. The first-order chi connectivity index (χ1) is 11.6. The van der Waals surface area contributed by atoms with Gasteiger partial charge in [0.2, 0.25) is 5.75 Å². The Morgan fingerprint density at radius 3 is 2.25 bits per heavy atom. The third-order valence-electron chi connectivity index (χ3n) is 3.73. The second-order valence-corrected chi connectivity index (χ2v) is 5.72. The summed E-state index contributed by atoms with van der Waals surface area (Å²) in [5.41, 5.74) is 3.16. The summed E-state index contributed by atoms with van der Waals surface area (Å²) in [5, 5.41) is 3.55. The van der Waals surface area contributed by atoms with Crippen LogP contribution in [0.15, 0.2) is 41.5 Å². The molecule has 2 aromatic rings. The van der Waals surface area contributed by atoms with Crippen LogP contribution in [0.3, 0.4) is 0 Å². The van der Waals surface area contributed by atoms with Crippen LogP contribution in [0.5, 0.6) is 17.2 Å². The number of ether oxygens (including phenoxy) is 3. The van der Waals surface area contributed by atoms with Crippen LogP contribution in [-0.2, 0) is 6.61 Å². The molecule has 0 aliphatic carbocycles. The summed E-state index contributed by atoms with van der Waals surface area (Å²) in [6.07, 6.45) is 1.53. The van der Waals surface area contributed by atoms with E-state index in [-0.39, 0.29) is 0 Å². The van der Waals surface area contributed by atoms with Crippen molar-refractivity contribution in [2.45, 2.75) is 26.4 Å². The molecule has 0 radical (unpaired) electrons. The average Bonchev–Trinajstić information content (AvgIpc) is 2.60. The molecular weight excluding hydrogens is 304 g/mol. The lowest BCUT2D eigenvalue weighted by atomic mass is 10.0. The van der Waals surface area contributed by atoms with Gasteiger partial charge >= 0.3 is 0 Å². The van der Waals surface area contributed by atoms with Crippen LogP contribution in [0.4, 0.5) is 0 Å². The van der Waals surface area contributed by atoms with E-state index in [1.165, 1.54) is 11.8 Å². The summed E-state index contributed by atoms with van der Waals surface area (Å²) >= 11 is 0. The molecule has 5 heteroatoms. The highest BCUT2D eigenvalue weighted by atomic mass is 16.5. The zero-order chi connectivity index (χ0) is 17.5. The predicted molar refractivity (Wildman–Crippen MR) is 96.2 cm³/mol. The molecule has 0 unspecified atom stereocenters. The van der Waals surface area contributed by atoms with Gasteiger partial charge in [-0.3, -0.25) is 0 Å². The second-order valence-electron chi connectivity index (χ2n) is 5.72. The lowest BCUT2D eigenvalue weighted by Crippen LogP contribution is -2.01. The molecule has 0 aliphatic rings. The summed E-state index contributed by atoms with van der Waals surface area (Å²) in [6, 6.07) is 12.0. The first-order valence-electron chi connectivity index (χ1n) is 7.80. The molecule has 128 valence electrons. The molecule has 2 N–H and O–H groups in total. The lowest BCUT2D eigenvalue weighted by molar-refractivity contribution is 0.275. The van der Waals surface area contributed by atoms with Crippen molar-refractivity contribution < 1.29 is 14.2 Å². The van der Waals surface area contributed by atoms with E-state index in [1.54, 1.807) is 20.3 Å². The maximum absolute atomic E-state index is 5.94. The van der Waals surface area contributed by atoms with Crippen LogP contribution < -0.4 is 20.1 Å². The normalized spacial score (nSPS) is 11.0. The highest BCUT2D eigenvalue weighted by molar-refractivity contribution is 5.82. The van der Waals surface area contributed by atoms with E-state index in [9.17, 15) is 0 Å². The number of methoxy groups -OCH3 is 2. The van der Waals surface area contributed by atoms with E-state index >= 15 is 0 Å². The van der Waals surface area contributed by atoms with Crippen molar-refractivity contribution in [2.24, 2.45) is 10.9 Å². The standard InChI is InChI=1S/C19H24N2O3/c1-13(2)16-7-5-14(6-8-16)12-24-18-10-15(11-21-20)9-17(22-3)19(18)23-4/h5-11,13H,12,20H2,1-4H3. The van der Waals surface area contributed by atoms with E-state index in [4.69, 9.17) is 20.1 Å². The van der Waals surface area contributed by atoms with Crippen LogP contribution in [0.2, 0.25) is 0 Å². The van der Waals surface area contributed by atoms with Gasteiger partial charge in [-0.1, -0.05) is 38.1 Å². The van der Waals surface area contributed by atoms with Gasteiger partial charge in [0.05, 0.1) is 20.4 Å². The van der Waals surface area contributed by atoms with E-state index in [0.29, 0.717) is 29.8 Å². The molecule has 0 saturated heterocycles. The van der Waals surface area contributed by atoms with Crippen molar-refractivity contribution in [3.05, 3.63) is 53.1 Å². The van der Waals surface area contributed by atoms with Crippen molar-refractivity contribution in [1.82, 2.24) is 0 Å². The number of hydrogen-bond acceptors (Lipinski definition) is 5. The second kappa shape index (κ2) is 8.24. The summed E-state index contributed by atoms with van der Waals surface area (Å²) in [5.74, 6) is 7.44. The molecule has 0 saturated carbocycles. The Hall–Kier alpha value is -2.69. The highest BCUT2D eigenvalue weighted by Crippen LogP contribution is 2.38. The van der Waals surface area contributed by atoms with Crippen LogP contribution in [0.25, 0.3) is 0 Å². The van der Waals surface area contributed by atoms with E-state index in [1.807, 2.05) is 6.07 Å². The Morgan fingerprint density at radius 1 is 1.04 bits per heavy atom. The maximum Gasteiger partial charge on any atom is 0.203 e. The fraction of sp³-hybridized carbons (Fsp3) is 0.316. The average molecular weight is 328 g/mol. The van der Waals surface area contributed by atoms with Crippen LogP contribution in [0, 0.1) is 0 Å². The number of nitrogens with zero attached hydrogens (tertiary/aromatic N) is 1. The van der Waals surface area contributed by atoms with Gasteiger partial charge in [-0.25, -0.2) is 0 Å². The van der Waals surface area contributed by atoms with Gasteiger partial charge in [0.1, 0.15) is 6.61 Å². The molecule has 0 aliphatic heterocycles. The molecule has 5 nitrogen and oxygen atoms in total. The number of rotatable bonds is 7. The summed E-state index contributed by atoms with van der Waals surface area (Å²) in [7, 11) is 3.16. The summed E-state index contributed by atoms with van der Waals surface area (Å²) < 4.78 is 16.7. The molecule has 0 aromatic heterocycles. The van der Waals surface area contributed by atoms with E-state index in [0.717, 1.165) is 11.1 Å². The molecular formula is C19H24N2O3. The fourth-order valence-electron chi connectivity index (χ4n) is 2.38. The predicted octanol–water partition coefficient (Wildman–Crippen LogP) is 3.70. The zero-order valence-electron chi connectivity index (χ0n) is 14.6. The van der Waals surface area contributed by atoms with Gasteiger partial charge in [-0.2, -0.15) is 5.10 Å². The van der Waals surface area contributed by atoms with Gasteiger partial charge in [0, 0.05) is 5.56 Å². The fourth-order valence-corrected chi connectivity index (χ4v) is 2.38. The van der Waals surface area contributed by atoms with Crippen molar-refractivity contribution >= 4 is 6.21 Å². The number of hydrogen-bond donors (Lipinski definition) is 1. The van der Waals surface area contributed by atoms with Gasteiger partial charge in [-0.05, 0) is 29.2 Å². The smallest absolute Gasteiger partial charge is 0.203 e. The monoisotopic (exact) mass is 328 g/mol. The third kappa shape index (κ3) is 4.19.